The lowest BCUT2D eigenvalue weighted by Gasteiger charge is -2.20. The van der Waals surface area contributed by atoms with Crippen LogP contribution in [0.5, 0.6) is 0 Å². The summed E-state index contributed by atoms with van der Waals surface area (Å²) in [7, 11) is -2.41. The van der Waals surface area contributed by atoms with Crippen LogP contribution in [0, 0.1) is 6.92 Å². The second-order valence-electron chi connectivity index (χ2n) is 6.39. The zero-order valence-electron chi connectivity index (χ0n) is 15.7. The molecule has 0 atom stereocenters. The van der Waals surface area contributed by atoms with E-state index in [0.29, 0.717) is 11.4 Å². The summed E-state index contributed by atoms with van der Waals surface area (Å²) < 4.78 is 27.9. The lowest BCUT2D eigenvalue weighted by molar-refractivity contribution is 0.102. The predicted octanol–water partition coefficient (Wildman–Crippen LogP) is 5.49. The molecule has 150 valence electrons. The van der Waals surface area contributed by atoms with E-state index in [1.165, 1.54) is 25.2 Å². The molecule has 8 heteroatoms. The number of carbonyl (C=O) groups excluding carboxylic acids is 1. The summed E-state index contributed by atoms with van der Waals surface area (Å²) in [6.45, 7) is 1.94. The Morgan fingerprint density at radius 2 is 1.72 bits per heavy atom. The van der Waals surface area contributed by atoms with E-state index >= 15 is 0 Å². The summed E-state index contributed by atoms with van der Waals surface area (Å²) in [4.78, 5) is 12.7. The Kier molecular flexibility index (Phi) is 6.31. The van der Waals surface area contributed by atoms with Crippen LogP contribution in [0.3, 0.4) is 0 Å². The van der Waals surface area contributed by atoms with Gasteiger partial charge in [-0.15, -0.1) is 0 Å². The van der Waals surface area contributed by atoms with Gasteiger partial charge in [-0.25, -0.2) is 8.42 Å². The molecule has 3 aromatic rings. The number of sulfonamides is 1. The first-order valence-corrected chi connectivity index (χ1v) is 11.2. The smallest absolute Gasteiger partial charge is 0.264 e. The predicted molar refractivity (Wildman–Crippen MR) is 120 cm³/mol. The largest absolute Gasteiger partial charge is 0.321 e. The van der Waals surface area contributed by atoms with Crippen molar-refractivity contribution in [2.75, 3.05) is 16.7 Å². The van der Waals surface area contributed by atoms with Crippen LogP contribution in [0.1, 0.15) is 15.9 Å². The molecule has 0 fully saturated rings. The minimum atomic E-state index is -3.87. The van der Waals surface area contributed by atoms with Crippen LogP contribution in [0.4, 0.5) is 11.4 Å². The maximum Gasteiger partial charge on any atom is 0.264 e. The van der Waals surface area contributed by atoms with Crippen LogP contribution in [0.25, 0.3) is 0 Å². The second kappa shape index (κ2) is 8.57. The van der Waals surface area contributed by atoms with Crippen molar-refractivity contribution in [3.8, 4) is 0 Å². The minimum absolute atomic E-state index is 0.0265. The summed E-state index contributed by atoms with van der Waals surface area (Å²) in [6, 6.07) is 18.3. The average Bonchev–Trinajstić information content (AvgIpc) is 2.70. The van der Waals surface area contributed by atoms with Gasteiger partial charge in [0.1, 0.15) is 0 Å². The van der Waals surface area contributed by atoms with Crippen LogP contribution in [0.2, 0.25) is 5.02 Å². The van der Waals surface area contributed by atoms with Crippen molar-refractivity contribution < 1.29 is 13.2 Å². The molecule has 0 aromatic heterocycles. The van der Waals surface area contributed by atoms with E-state index in [-0.39, 0.29) is 15.5 Å². The van der Waals surface area contributed by atoms with Crippen molar-refractivity contribution in [3.63, 3.8) is 0 Å². The van der Waals surface area contributed by atoms with E-state index < -0.39 is 15.9 Å². The lowest BCUT2D eigenvalue weighted by atomic mass is 10.2. The molecule has 0 saturated heterocycles. The Morgan fingerprint density at radius 3 is 2.38 bits per heavy atom. The first-order chi connectivity index (χ1) is 13.7. The highest BCUT2D eigenvalue weighted by atomic mass is 79.9. The van der Waals surface area contributed by atoms with Crippen LogP contribution in [-0.4, -0.2) is 21.4 Å². The third kappa shape index (κ3) is 4.63. The van der Waals surface area contributed by atoms with E-state index in [9.17, 15) is 13.2 Å². The van der Waals surface area contributed by atoms with Gasteiger partial charge in [0.15, 0.2) is 0 Å². The Bertz CT molecular complexity index is 1170. The molecule has 0 unspecified atom stereocenters. The molecule has 0 aliphatic rings. The van der Waals surface area contributed by atoms with Gasteiger partial charge < -0.3 is 5.32 Å². The van der Waals surface area contributed by atoms with E-state index in [4.69, 9.17) is 11.6 Å². The Balaban J connectivity index is 1.94. The monoisotopic (exact) mass is 492 g/mol. The summed E-state index contributed by atoms with van der Waals surface area (Å²) >= 11 is 9.60. The number of benzene rings is 3. The first kappa shape index (κ1) is 21.4. The Morgan fingerprint density at radius 1 is 1.03 bits per heavy atom. The van der Waals surface area contributed by atoms with Crippen molar-refractivity contribution in [3.05, 3.63) is 87.4 Å². The summed E-state index contributed by atoms with van der Waals surface area (Å²) in [5.74, 6) is -0.501. The molecule has 0 radical (unpaired) electrons. The number of para-hydroxylation sites is 1. The van der Waals surface area contributed by atoms with Crippen molar-refractivity contribution in [2.45, 2.75) is 11.8 Å². The van der Waals surface area contributed by atoms with Gasteiger partial charge >= 0.3 is 0 Å². The molecule has 1 amide bonds. The standard InChI is InChI=1S/C21H18BrClN2O3S/c1-14-8-11-20(18(22)12-14)24-21(26)17-13-16(9-10-19(17)23)29(27,28)25(2)15-6-4-3-5-7-15/h3-13H,1-2H3,(H,24,26). The van der Waals surface area contributed by atoms with Crippen molar-refractivity contribution in [1.29, 1.82) is 0 Å². The molecular formula is C21H18BrClN2O3S. The zero-order valence-corrected chi connectivity index (χ0v) is 18.8. The summed E-state index contributed by atoms with van der Waals surface area (Å²) in [5, 5.41) is 2.91. The van der Waals surface area contributed by atoms with Gasteiger partial charge in [-0.1, -0.05) is 35.9 Å². The quantitative estimate of drug-likeness (QED) is 0.511. The van der Waals surface area contributed by atoms with Gasteiger partial charge in [0.05, 0.1) is 26.9 Å². The number of nitrogens with one attached hydrogen (secondary N) is 1. The van der Waals surface area contributed by atoms with Crippen LogP contribution >= 0.6 is 27.5 Å². The summed E-state index contributed by atoms with van der Waals surface area (Å²) in [6.07, 6.45) is 0. The molecule has 1 N–H and O–H groups in total. The number of nitrogens with zero attached hydrogens (tertiary/aromatic N) is 1. The number of anilines is 2. The van der Waals surface area contributed by atoms with Crippen molar-refractivity contribution in [1.82, 2.24) is 0 Å². The first-order valence-electron chi connectivity index (χ1n) is 8.61. The van der Waals surface area contributed by atoms with Crippen LogP contribution in [-0.2, 0) is 10.0 Å². The molecule has 5 nitrogen and oxygen atoms in total. The number of hydrogen-bond acceptors (Lipinski definition) is 3. The maximum atomic E-state index is 13.0. The van der Waals surface area contributed by atoms with E-state index in [1.807, 2.05) is 19.1 Å². The van der Waals surface area contributed by atoms with Crippen molar-refractivity contribution in [2.24, 2.45) is 0 Å². The molecule has 0 spiro atoms. The van der Waals surface area contributed by atoms with Crippen LogP contribution in [0.15, 0.2) is 76.1 Å². The molecule has 0 saturated carbocycles. The van der Waals surface area contributed by atoms with E-state index in [0.717, 1.165) is 14.3 Å². The van der Waals surface area contributed by atoms with Gasteiger partial charge in [-0.3, -0.25) is 9.10 Å². The minimum Gasteiger partial charge on any atom is -0.321 e. The highest BCUT2D eigenvalue weighted by molar-refractivity contribution is 9.10. The molecule has 0 aliphatic carbocycles. The van der Waals surface area contributed by atoms with Crippen molar-refractivity contribution >= 4 is 54.8 Å². The zero-order chi connectivity index (χ0) is 21.2. The van der Waals surface area contributed by atoms with Crippen LogP contribution < -0.4 is 9.62 Å². The fraction of sp³-hybridized carbons (Fsp3) is 0.0952. The SMILES string of the molecule is Cc1ccc(NC(=O)c2cc(S(=O)(=O)N(C)c3ccccc3)ccc2Cl)c(Br)c1. The molecule has 3 rings (SSSR count). The maximum absolute atomic E-state index is 13.0. The molecule has 0 heterocycles. The lowest BCUT2D eigenvalue weighted by Crippen LogP contribution is -2.27. The van der Waals surface area contributed by atoms with Gasteiger partial charge in [-0.2, -0.15) is 0 Å². The number of carbonyl (C=O) groups is 1. The third-order valence-electron chi connectivity index (χ3n) is 4.33. The number of amides is 1. The Labute approximate surface area is 183 Å². The third-order valence-corrected chi connectivity index (χ3v) is 7.10. The number of aryl methyl sites for hydroxylation is 1. The molecule has 3 aromatic carbocycles. The fourth-order valence-electron chi connectivity index (χ4n) is 2.68. The van der Waals surface area contributed by atoms with Gasteiger partial charge in [0, 0.05) is 11.5 Å². The highest BCUT2D eigenvalue weighted by Crippen LogP contribution is 2.28. The molecular weight excluding hydrogens is 476 g/mol. The van der Waals surface area contributed by atoms with E-state index in [2.05, 4.69) is 21.2 Å². The summed E-state index contributed by atoms with van der Waals surface area (Å²) in [5.41, 5.74) is 2.18. The van der Waals surface area contributed by atoms with Gasteiger partial charge in [-0.05, 0) is 70.9 Å². The number of halogens is 2. The Hall–Kier alpha value is -2.35. The molecule has 29 heavy (non-hydrogen) atoms. The molecule has 0 bridgehead atoms. The fourth-order valence-corrected chi connectivity index (χ4v) is 4.70. The van der Waals surface area contributed by atoms with Gasteiger partial charge in [0.25, 0.3) is 15.9 Å². The number of rotatable bonds is 5. The highest BCUT2D eigenvalue weighted by Gasteiger charge is 2.24. The van der Waals surface area contributed by atoms with E-state index in [1.54, 1.807) is 36.4 Å². The number of hydrogen-bond donors (Lipinski definition) is 1. The molecule has 0 aliphatic heterocycles. The van der Waals surface area contributed by atoms with Gasteiger partial charge in [0.2, 0.25) is 0 Å². The second-order valence-corrected chi connectivity index (χ2v) is 9.62. The normalized spacial score (nSPS) is 11.2. The topological polar surface area (TPSA) is 66.5 Å². The average molecular weight is 494 g/mol.